The van der Waals surface area contributed by atoms with E-state index in [9.17, 15) is 24.1 Å². The molecule has 8 nitrogen and oxygen atoms in total. The highest BCUT2D eigenvalue weighted by molar-refractivity contribution is 6.37. The minimum absolute atomic E-state index is 0.0673. The molecule has 0 atom stereocenters. The van der Waals surface area contributed by atoms with Gasteiger partial charge in [-0.25, -0.2) is 14.2 Å². The molecule has 0 saturated heterocycles. The van der Waals surface area contributed by atoms with Crippen molar-refractivity contribution in [3.63, 3.8) is 0 Å². The van der Waals surface area contributed by atoms with Gasteiger partial charge in [-0.3, -0.25) is 14.9 Å². The second kappa shape index (κ2) is 7.95. The van der Waals surface area contributed by atoms with Gasteiger partial charge in [-0.1, -0.05) is 12.1 Å². The molecule has 1 aliphatic heterocycles. The molecular weight excluding hydrogens is 369 g/mol. The predicted octanol–water partition coefficient (Wildman–Crippen LogP) is 3.13. The first-order valence-electron chi connectivity index (χ1n) is 8.43. The number of benzene rings is 2. The molecule has 144 valence electrons. The minimum Gasteiger partial charge on any atom is -0.422 e. The van der Waals surface area contributed by atoms with Crippen LogP contribution in [0.25, 0.3) is 0 Å². The molecule has 1 amide bonds. The number of nitrogens with zero attached hydrogens (tertiary/aromatic N) is 3. The van der Waals surface area contributed by atoms with Gasteiger partial charge in [0.15, 0.2) is 0 Å². The fourth-order valence-corrected chi connectivity index (χ4v) is 2.70. The van der Waals surface area contributed by atoms with Gasteiger partial charge in [-0.15, -0.1) is 0 Å². The number of carbonyl (C=O) groups is 2. The molecule has 0 bridgehead atoms. The minimum atomic E-state index is -0.732. The number of rotatable bonds is 5. The number of hydrogen-bond donors (Lipinski definition) is 0. The van der Waals surface area contributed by atoms with E-state index in [1.165, 1.54) is 49.4 Å². The van der Waals surface area contributed by atoms with Gasteiger partial charge in [0.25, 0.3) is 5.69 Å². The monoisotopic (exact) mass is 385 g/mol. The summed E-state index contributed by atoms with van der Waals surface area (Å²) in [6.45, 7) is 1.64. The van der Waals surface area contributed by atoms with Gasteiger partial charge >= 0.3 is 5.97 Å². The number of aryl methyl sites for hydroxylation is 1. The molecule has 0 aliphatic carbocycles. The molecule has 0 aromatic heterocycles. The molecule has 3 rings (SSSR count). The molecular formula is C19H16FN3O5. The summed E-state index contributed by atoms with van der Waals surface area (Å²) < 4.78 is 18.2. The van der Waals surface area contributed by atoms with Gasteiger partial charge in [0.05, 0.1) is 11.5 Å². The third-order valence-electron chi connectivity index (χ3n) is 4.16. The third kappa shape index (κ3) is 4.37. The zero-order chi connectivity index (χ0) is 20.3. The fourth-order valence-electron chi connectivity index (χ4n) is 2.70. The molecule has 2 aromatic rings. The summed E-state index contributed by atoms with van der Waals surface area (Å²) in [4.78, 5) is 34.8. The quantitative estimate of drug-likeness (QED) is 0.341. The number of esters is 1. The van der Waals surface area contributed by atoms with Crippen molar-refractivity contribution in [2.24, 2.45) is 5.10 Å². The molecule has 0 unspecified atom stereocenters. The number of carbonyl (C=O) groups excluding carboxylic acids is 2. The van der Waals surface area contributed by atoms with Crippen molar-refractivity contribution in [2.75, 3.05) is 0 Å². The maximum atomic E-state index is 13.0. The summed E-state index contributed by atoms with van der Waals surface area (Å²) in [5.74, 6) is -1.23. The predicted molar refractivity (Wildman–Crippen MR) is 97.1 cm³/mol. The fraction of sp³-hybridized carbons (Fsp3) is 0.211. The van der Waals surface area contributed by atoms with Crippen LogP contribution in [0.2, 0.25) is 0 Å². The van der Waals surface area contributed by atoms with Gasteiger partial charge in [0, 0.05) is 24.5 Å². The van der Waals surface area contributed by atoms with Crippen LogP contribution in [0, 0.1) is 22.9 Å². The number of amides is 1. The number of hydrazone groups is 1. The summed E-state index contributed by atoms with van der Waals surface area (Å²) in [5.41, 5.74) is 1.01. The molecule has 0 fully saturated rings. The summed E-state index contributed by atoms with van der Waals surface area (Å²) in [6.07, 6.45) is 0.220. The van der Waals surface area contributed by atoms with Gasteiger partial charge in [0.1, 0.15) is 17.3 Å². The van der Waals surface area contributed by atoms with Gasteiger partial charge in [0.2, 0.25) is 5.91 Å². The lowest BCUT2D eigenvalue weighted by Gasteiger charge is -2.22. The van der Waals surface area contributed by atoms with Crippen molar-refractivity contribution in [1.29, 1.82) is 0 Å². The highest BCUT2D eigenvalue weighted by atomic mass is 19.1. The van der Waals surface area contributed by atoms with Crippen LogP contribution < -0.4 is 4.74 Å². The largest absolute Gasteiger partial charge is 0.422 e. The third-order valence-corrected chi connectivity index (χ3v) is 4.16. The van der Waals surface area contributed by atoms with Crippen molar-refractivity contribution in [2.45, 2.75) is 26.3 Å². The average molecular weight is 385 g/mol. The first-order valence-corrected chi connectivity index (χ1v) is 8.43. The van der Waals surface area contributed by atoms with Gasteiger partial charge in [-0.05, 0) is 36.8 Å². The Morgan fingerprint density at radius 3 is 2.61 bits per heavy atom. The van der Waals surface area contributed by atoms with Gasteiger partial charge < -0.3 is 4.74 Å². The van der Waals surface area contributed by atoms with Crippen LogP contribution in [0.15, 0.2) is 47.6 Å². The van der Waals surface area contributed by atoms with E-state index in [1.807, 2.05) is 0 Å². The SMILES string of the molecule is Cc1cc(OC(=O)C2=NN(Cc3ccc(F)cc3)C(=O)CC2)ccc1[N+](=O)[O-]. The summed E-state index contributed by atoms with van der Waals surface area (Å²) in [6, 6.07) is 9.59. The van der Waals surface area contributed by atoms with Crippen LogP contribution in [0.3, 0.4) is 0 Å². The molecule has 0 radical (unpaired) electrons. The molecule has 0 N–H and O–H groups in total. The van der Waals surface area contributed by atoms with E-state index in [2.05, 4.69) is 5.10 Å². The Balaban J connectivity index is 1.73. The van der Waals surface area contributed by atoms with Crippen LogP contribution in [0.4, 0.5) is 10.1 Å². The Morgan fingerprint density at radius 1 is 1.25 bits per heavy atom. The van der Waals surface area contributed by atoms with Crippen LogP contribution >= 0.6 is 0 Å². The zero-order valence-electron chi connectivity index (χ0n) is 14.9. The standard InChI is InChI=1S/C19H16FN3O5/c1-12-10-15(6-8-17(12)23(26)27)28-19(25)16-7-9-18(24)22(21-16)11-13-2-4-14(20)5-3-13/h2-6,8,10H,7,9,11H2,1H3. The Morgan fingerprint density at radius 2 is 1.96 bits per heavy atom. The number of ether oxygens (including phenoxy) is 1. The molecule has 2 aromatic carbocycles. The lowest BCUT2D eigenvalue weighted by atomic mass is 10.1. The van der Waals surface area contributed by atoms with Gasteiger partial charge in [-0.2, -0.15) is 5.10 Å². The smallest absolute Gasteiger partial charge is 0.359 e. The lowest BCUT2D eigenvalue weighted by Crippen LogP contribution is -2.35. The average Bonchev–Trinajstić information content (AvgIpc) is 2.65. The van der Waals surface area contributed by atoms with E-state index in [-0.39, 0.29) is 48.3 Å². The molecule has 1 heterocycles. The van der Waals surface area contributed by atoms with Crippen molar-refractivity contribution in [3.05, 3.63) is 69.5 Å². The first-order chi connectivity index (χ1) is 13.3. The summed E-state index contributed by atoms with van der Waals surface area (Å²) in [7, 11) is 0. The van der Waals surface area contributed by atoms with E-state index < -0.39 is 10.9 Å². The molecule has 1 aliphatic rings. The van der Waals surface area contributed by atoms with Crippen molar-refractivity contribution < 1.29 is 23.6 Å². The normalized spacial score (nSPS) is 13.9. The number of nitro benzene ring substituents is 1. The highest BCUT2D eigenvalue weighted by Crippen LogP contribution is 2.24. The zero-order valence-corrected chi connectivity index (χ0v) is 14.9. The number of hydrogen-bond acceptors (Lipinski definition) is 6. The van der Waals surface area contributed by atoms with E-state index >= 15 is 0 Å². The molecule has 0 saturated carbocycles. The van der Waals surface area contributed by atoms with E-state index in [4.69, 9.17) is 4.74 Å². The van der Waals surface area contributed by atoms with Crippen molar-refractivity contribution >= 4 is 23.3 Å². The van der Waals surface area contributed by atoms with Crippen LogP contribution in [-0.4, -0.2) is 27.5 Å². The molecule has 9 heteroatoms. The van der Waals surface area contributed by atoms with Crippen molar-refractivity contribution in [3.8, 4) is 5.75 Å². The summed E-state index contributed by atoms with van der Waals surface area (Å²) in [5, 5.41) is 16.1. The van der Waals surface area contributed by atoms with E-state index in [0.717, 1.165) is 5.01 Å². The Hall–Kier alpha value is -3.62. The molecule has 28 heavy (non-hydrogen) atoms. The van der Waals surface area contributed by atoms with Crippen LogP contribution in [0.5, 0.6) is 5.75 Å². The number of halogens is 1. The Bertz CT molecular complexity index is 972. The number of nitro groups is 1. The molecule has 0 spiro atoms. The highest BCUT2D eigenvalue weighted by Gasteiger charge is 2.26. The Kier molecular flexibility index (Phi) is 5.44. The van der Waals surface area contributed by atoms with Crippen LogP contribution in [0.1, 0.15) is 24.0 Å². The van der Waals surface area contributed by atoms with E-state index in [0.29, 0.717) is 11.1 Å². The van der Waals surface area contributed by atoms with Crippen molar-refractivity contribution in [1.82, 2.24) is 5.01 Å². The lowest BCUT2D eigenvalue weighted by molar-refractivity contribution is -0.385. The summed E-state index contributed by atoms with van der Waals surface area (Å²) >= 11 is 0. The van der Waals surface area contributed by atoms with Crippen LogP contribution in [-0.2, 0) is 16.1 Å². The first kappa shape index (κ1) is 19.2. The second-order valence-electron chi connectivity index (χ2n) is 6.22. The maximum Gasteiger partial charge on any atom is 0.359 e. The second-order valence-corrected chi connectivity index (χ2v) is 6.22. The maximum absolute atomic E-state index is 13.0. The Labute approximate surface area is 159 Å². The van der Waals surface area contributed by atoms with E-state index in [1.54, 1.807) is 0 Å². The topological polar surface area (TPSA) is 102 Å².